The lowest BCUT2D eigenvalue weighted by Gasteiger charge is -2.30. The van der Waals surface area contributed by atoms with Crippen molar-refractivity contribution in [2.45, 2.75) is 12.6 Å². The summed E-state index contributed by atoms with van der Waals surface area (Å²) in [5.41, 5.74) is 3.93. The van der Waals surface area contributed by atoms with Gasteiger partial charge in [-0.3, -0.25) is 4.84 Å². The molecule has 1 aliphatic rings. The summed E-state index contributed by atoms with van der Waals surface area (Å²) in [6.07, 6.45) is 2.57. The molecule has 1 aromatic heterocycles. The van der Waals surface area contributed by atoms with Gasteiger partial charge >= 0.3 is 0 Å². The molecule has 1 N–H and O–H groups in total. The molecule has 2 rings (SSSR count). The number of fused-ring (bicyclic) bond motifs is 1. The number of nitrogens with zero attached hydrogens (tertiary/aromatic N) is 2. The maximum absolute atomic E-state index is 10.7. The molecule has 0 spiro atoms. The van der Waals surface area contributed by atoms with E-state index in [1.807, 2.05) is 4.81 Å². The second-order valence-corrected chi connectivity index (χ2v) is 5.12. The van der Waals surface area contributed by atoms with Crippen molar-refractivity contribution in [3.63, 3.8) is 0 Å². The van der Waals surface area contributed by atoms with Gasteiger partial charge in [0.15, 0.2) is 0 Å². The van der Waals surface area contributed by atoms with E-state index < -0.39 is 0 Å². The molecule has 2 heterocycles. The van der Waals surface area contributed by atoms with Gasteiger partial charge in [-0.15, -0.1) is 6.58 Å². The molecule has 0 amide bonds. The average molecular weight is 281 g/mol. The van der Waals surface area contributed by atoms with Crippen molar-refractivity contribution in [1.82, 2.24) is 15.3 Å². The molecule has 1 aliphatic heterocycles. The third kappa shape index (κ3) is 3.41. The molecule has 0 aliphatic carbocycles. The summed E-state index contributed by atoms with van der Waals surface area (Å²) in [4.78, 5) is 23.5. The van der Waals surface area contributed by atoms with Gasteiger partial charge in [0.05, 0.1) is 36.5 Å². The molecule has 1 atom stereocenters. The SMILES string of the molecule is C=CCONC1CN(BC=O)Cc2nc(OC)sc21. The Morgan fingerprint density at radius 1 is 1.74 bits per heavy atom. The molecule has 6 nitrogen and oxygen atoms in total. The van der Waals surface area contributed by atoms with E-state index in [-0.39, 0.29) is 6.04 Å². The zero-order valence-corrected chi connectivity index (χ0v) is 11.6. The first-order chi connectivity index (χ1) is 9.28. The summed E-state index contributed by atoms with van der Waals surface area (Å²) in [5.74, 6) is 0. The van der Waals surface area contributed by atoms with Gasteiger partial charge in [-0.25, -0.2) is 4.98 Å². The fourth-order valence-corrected chi connectivity index (χ4v) is 2.89. The third-order valence-corrected chi connectivity index (χ3v) is 3.95. The number of rotatable bonds is 7. The smallest absolute Gasteiger partial charge is 0.281 e. The highest BCUT2D eigenvalue weighted by Gasteiger charge is 2.29. The molecular formula is C11H16BN3O3S. The van der Waals surface area contributed by atoms with E-state index in [2.05, 4.69) is 17.0 Å². The predicted octanol–water partition coefficient (Wildman–Crippen LogP) is 0.257. The number of hydrogen-bond acceptors (Lipinski definition) is 7. The minimum absolute atomic E-state index is 0.00921. The Morgan fingerprint density at radius 2 is 2.58 bits per heavy atom. The zero-order valence-electron chi connectivity index (χ0n) is 10.8. The summed E-state index contributed by atoms with van der Waals surface area (Å²) in [6.45, 7) is 5.39. The van der Waals surface area contributed by atoms with Crippen molar-refractivity contribution in [1.29, 1.82) is 0 Å². The first-order valence-corrected chi connectivity index (χ1v) is 6.78. The van der Waals surface area contributed by atoms with Crippen LogP contribution in [0.15, 0.2) is 12.7 Å². The average Bonchev–Trinajstić information content (AvgIpc) is 2.82. The van der Waals surface area contributed by atoms with Crippen LogP contribution in [0.25, 0.3) is 0 Å². The van der Waals surface area contributed by atoms with Crippen LogP contribution < -0.4 is 10.2 Å². The van der Waals surface area contributed by atoms with Crippen molar-refractivity contribution in [2.24, 2.45) is 0 Å². The molecule has 19 heavy (non-hydrogen) atoms. The number of methoxy groups -OCH3 is 1. The lowest BCUT2D eigenvalue weighted by Crippen LogP contribution is -2.41. The van der Waals surface area contributed by atoms with Crippen molar-refractivity contribution in [3.8, 4) is 5.19 Å². The Labute approximate surface area is 116 Å². The molecule has 0 fully saturated rings. The number of nitrogens with one attached hydrogen (secondary N) is 1. The molecule has 0 bridgehead atoms. The Hall–Kier alpha value is -1.22. The third-order valence-electron chi connectivity index (χ3n) is 2.77. The first-order valence-electron chi connectivity index (χ1n) is 5.96. The van der Waals surface area contributed by atoms with Gasteiger partial charge in [0, 0.05) is 13.1 Å². The van der Waals surface area contributed by atoms with E-state index in [0.29, 0.717) is 32.3 Å². The Bertz CT molecular complexity index is 454. The van der Waals surface area contributed by atoms with Crippen LogP contribution in [0.5, 0.6) is 5.19 Å². The maximum atomic E-state index is 10.7. The molecule has 1 aromatic rings. The predicted molar refractivity (Wildman–Crippen MR) is 75.0 cm³/mol. The van der Waals surface area contributed by atoms with E-state index in [9.17, 15) is 4.79 Å². The normalized spacial score (nSPS) is 18.7. The summed E-state index contributed by atoms with van der Waals surface area (Å²) < 4.78 is 5.17. The highest BCUT2D eigenvalue weighted by molar-refractivity contribution is 7.13. The van der Waals surface area contributed by atoms with E-state index in [1.165, 1.54) is 11.3 Å². The number of carbonyl (C=O) groups excluding carboxylic acids is 1. The summed E-state index contributed by atoms with van der Waals surface area (Å²) >= 11 is 1.50. The molecule has 0 saturated heterocycles. The first kappa shape index (κ1) is 14.2. The Kier molecular flexibility index (Phi) is 5.09. The lowest BCUT2D eigenvalue weighted by atomic mass is 9.91. The molecule has 102 valence electrons. The van der Waals surface area contributed by atoms with Gasteiger partial charge in [0.1, 0.15) is 0 Å². The second-order valence-electron chi connectivity index (χ2n) is 4.13. The van der Waals surface area contributed by atoms with Gasteiger partial charge in [-0.2, -0.15) is 5.48 Å². The van der Waals surface area contributed by atoms with Crippen LogP contribution in [-0.4, -0.2) is 43.7 Å². The van der Waals surface area contributed by atoms with Crippen molar-refractivity contribution in [3.05, 3.63) is 23.2 Å². The van der Waals surface area contributed by atoms with Crippen LogP contribution in [0.4, 0.5) is 0 Å². The van der Waals surface area contributed by atoms with E-state index in [0.717, 1.165) is 16.8 Å². The molecule has 8 heteroatoms. The number of carbonyl (C=O) groups is 1. The summed E-state index contributed by atoms with van der Waals surface area (Å²) in [5, 5.41) is 0.633. The van der Waals surface area contributed by atoms with Crippen LogP contribution in [0.1, 0.15) is 16.6 Å². The van der Waals surface area contributed by atoms with Crippen LogP contribution in [-0.2, 0) is 16.2 Å². The van der Waals surface area contributed by atoms with Crippen LogP contribution in [0.3, 0.4) is 0 Å². The second kappa shape index (κ2) is 6.81. The Morgan fingerprint density at radius 3 is 3.26 bits per heavy atom. The van der Waals surface area contributed by atoms with Crippen molar-refractivity contribution < 1.29 is 14.4 Å². The van der Waals surface area contributed by atoms with E-state index in [4.69, 9.17) is 9.57 Å². The van der Waals surface area contributed by atoms with Crippen molar-refractivity contribution >= 4 is 24.9 Å². The number of ether oxygens (including phenoxy) is 1. The summed E-state index contributed by atoms with van der Waals surface area (Å²) in [7, 11) is 1.99. The standard InChI is InChI=1S/C11H16BN3O3S/c1-3-4-18-14-9-6-15(12-7-16)5-8-10(9)19-11(13-8)17-2/h3,7,9,12,14H,1,4-6H2,2H3. The molecule has 0 saturated carbocycles. The number of hydrogen-bond donors (Lipinski definition) is 1. The number of thiazole rings is 1. The number of hydroxylamine groups is 1. The summed E-state index contributed by atoms with van der Waals surface area (Å²) in [6, 6.07) is -0.00921. The largest absolute Gasteiger partial charge is 0.473 e. The fourth-order valence-electron chi connectivity index (χ4n) is 1.97. The van der Waals surface area contributed by atoms with E-state index >= 15 is 0 Å². The highest BCUT2D eigenvalue weighted by atomic mass is 32.1. The van der Waals surface area contributed by atoms with Crippen LogP contribution in [0, 0.1) is 0 Å². The lowest BCUT2D eigenvalue weighted by molar-refractivity contribution is 0.0269. The zero-order chi connectivity index (χ0) is 13.7. The van der Waals surface area contributed by atoms with Gasteiger partial charge < -0.3 is 14.3 Å². The maximum Gasteiger partial charge on any atom is 0.281 e. The number of aromatic nitrogens is 1. The minimum atomic E-state index is -0.00921. The van der Waals surface area contributed by atoms with Crippen LogP contribution >= 0.6 is 11.3 Å². The van der Waals surface area contributed by atoms with Gasteiger partial charge in [-0.1, -0.05) is 17.4 Å². The van der Waals surface area contributed by atoms with E-state index in [1.54, 1.807) is 13.2 Å². The monoisotopic (exact) mass is 281 g/mol. The highest BCUT2D eigenvalue weighted by Crippen LogP contribution is 2.34. The minimum Gasteiger partial charge on any atom is -0.473 e. The molecular weight excluding hydrogens is 265 g/mol. The van der Waals surface area contributed by atoms with Gasteiger partial charge in [0.2, 0.25) is 0 Å². The van der Waals surface area contributed by atoms with Crippen molar-refractivity contribution in [2.75, 3.05) is 20.3 Å². The quantitative estimate of drug-likeness (QED) is 0.254. The van der Waals surface area contributed by atoms with Gasteiger partial charge in [0.25, 0.3) is 12.6 Å². The molecule has 0 radical (unpaired) electrons. The Balaban J connectivity index is 2.13. The molecule has 0 aromatic carbocycles. The topological polar surface area (TPSA) is 63.7 Å². The fraction of sp³-hybridized carbons (Fsp3) is 0.455. The van der Waals surface area contributed by atoms with Gasteiger partial charge in [-0.05, 0) is 0 Å². The molecule has 1 unspecified atom stereocenters. The van der Waals surface area contributed by atoms with Crippen LogP contribution in [0.2, 0.25) is 0 Å².